The van der Waals surface area contributed by atoms with Crippen molar-refractivity contribution in [2.75, 3.05) is 14.2 Å². The number of esters is 2. The number of hydrogen-bond acceptors (Lipinski definition) is 6. The molecule has 0 heterocycles. The van der Waals surface area contributed by atoms with Crippen LogP contribution in [0.5, 0.6) is 0 Å². The largest absolute Gasteiger partial charge is 0.469 e. The summed E-state index contributed by atoms with van der Waals surface area (Å²) in [5, 5.41) is 0. The molecule has 0 saturated carbocycles. The van der Waals surface area contributed by atoms with Gasteiger partial charge in [-0.3, -0.25) is 9.59 Å². The number of aryl methyl sites for hydroxylation is 1. The summed E-state index contributed by atoms with van der Waals surface area (Å²) in [6, 6.07) is 4.73. The third-order valence-corrected chi connectivity index (χ3v) is 4.20. The number of carbonyl (C=O) groups excluding carboxylic acids is 2. The Balaban J connectivity index is 2.98. The van der Waals surface area contributed by atoms with E-state index in [2.05, 4.69) is 14.2 Å². The minimum atomic E-state index is -3.94. The van der Waals surface area contributed by atoms with Crippen LogP contribution in [0.3, 0.4) is 0 Å². The van der Waals surface area contributed by atoms with Gasteiger partial charge in [0.15, 0.2) is 0 Å². The number of hydrogen-bond donors (Lipinski definition) is 1. The first-order valence-corrected chi connectivity index (χ1v) is 7.52. The molecule has 7 nitrogen and oxygen atoms in total. The number of nitrogens with one attached hydrogen (secondary N) is 1. The quantitative estimate of drug-likeness (QED) is 0.762. The summed E-state index contributed by atoms with van der Waals surface area (Å²) in [5.74, 6) is -1.59. The van der Waals surface area contributed by atoms with Crippen LogP contribution in [0.4, 0.5) is 0 Å². The van der Waals surface area contributed by atoms with Gasteiger partial charge in [0.2, 0.25) is 10.0 Å². The van der Waals surface area contributed by atoms with Crippen molar-refractivity contribution in [3.8, 4) is 0 Å². The minimum absolute atomic E-state index is 0.00753. The summed E-state index contributed by atoms with van der Waals surface area (Å²) in [7, 11) is -1.70. The lowest BCUT2D eigenvalue weighted by Gasteiger charge is -2.15. The van der Waals surface area contributed by atoms with Crippen LogP contribution in [0.15, 0.2) is 29.2 Å². The molecule has 0 aliphatic carbocycles. The highest BCUT2D eigenvalue weighted by atomic mass is 32.2. The van der Waals surface area contributed by atoms with Gasteiger partial charge < -0.3 is 9.47 Å². The Hall–Kier alpha value is -1.93. The third kappa shape index (κ3) is 4.83. The summed E-state index contributed by atoms with van der Waals surface area (Å²) >= 11 is 0. The molecular formula is C13H17NO6S. The van der Waals surface area contributed by atoms with Gasteiger partial charge in [-0.2, -0.15) is 4.72 Å². The Bertz CT molecular complexity index is 608. The second-order valence-corrected chi connectivity index (χ2v) is 6.00. The maximum atomic E-state index is 12.2. The number of rotatable bonds is 6. The fourth-order valence-electron chi connectivity index (χ4n) is 1.54. The molecule has 0 aliphatic heterocycles. The molecule has 1 atom stereocenters. The zero-order valence-corrected chi connectivity index (χ0v) is 12.8. The fourth-order valence-corrected chi connectivity index (χ4v) is 2.72. The van der Waals surface area contributed by atoms with Gasteiger partial charge in [-0.25, -0.2) is 8.42 Å². The molecule has 0 saturated heterocycles. The molecule has 0 amide bonds. The average molecular weight is 315 g/mol. The predicted molar refractivity (Wildman–Crippen MR) is 73.9 cm³/mol. The van der Waals surface area contributed by atoms with Gasteiger partial charge in [0.25, 0.3) is 0 Å². The molecule has 21 heavy (non-hydrogen) atoms. The van der Waals surface area contributed by atoms with Crippen LogP contribution in [0.2, 0.25) is 0 Å². The molecule has 0 radical (unpaired) electrons. The van der Waals surface area contributed by atoms with E-state index >= 15 is 0 Å². The van der Waals surface area contributed by atoms with Gasteiger partial charge in [-0.15, -0.1) is 0 Å². The lowest BCUT2D eigenvalue weighted by molar-refractivity contribution is -0.149. The number of sulfonamides is 1. The van der Waals surface area contributed by atoms with Crippen molar-refractivity contribution in [1.29, 1.82) is 0 Å². The first-order chi connectivity index (χ1) is 9.80. The predicted octanol–water partition coefficient (Wildman–Crippen LogP) is 0.378. The zero-order valence-electron chi connectivity index (χ0n) is 12.0. The van der Waals surface area contributed by atoms with Crippen LogP contribution in [0, 0.1) is 6.92 Å². The van der Waals surface area contributed by atoms with E-state index < -0.39 is 34.4 Å². The van der Waals surface area contributed by atoms with Gasteiger partial charge in [0.05, 0.1) is 25.5 Å². The van der Waals surface area contributed by atoms with E-state index in [1.54, 1.807) is 12.1 Å². The van der Waals surface area contributed by atoms with Crippen molar-refractivity contribution in [2.24, 2.45) is 0 Å². The third-order valence-electron chi connectivity index (χ3n) is 2.71. The molecule has 0 spiro atoms. The van der Waals surface area contributed by atoms with E-state index in [0.29, 0.717) is 0 Å². The number of ether oxygens (including phenoxy) is 2. The van der Waals surface area contributed by atoms with Gasteiger partial charge >= 0.3 is 11.9 Å². The van der Waals surface area contributed by atoms with Crippen LogP contribution < -0.4 is 4.72 Å². The second-order valence-electron chi connectivity index (χ2n) is 4.29. The molecule has 0 unspecified atom stereocenters. The summed E-state index contributed by atoms with van der Waals surface area (Å²) < 4.78 is 35.4. The van der Waals surface area contributed by atoms with Gasteiger partial charge in [-0.1, -0.05) is 17.7 Å². The maximum Gasteiger partial charge on any atom is 0.324 e. The van der Waals surface area contributed by atoms with Crippen molar-refractivity contribution in [1.82, 2.24) is 4.72 Å². The number of benzene rings is 1. The van der Waals surface area contributed by atoms with Crippen molar-refractivity contribution in [2.45, 2.75) is 24.3 Å². The fraction of sp³-hybridized carbons (Fsp3) is 0.385. The van der Waals surface area contributed by atoms with Crippen molar-refractivity contribution < 1.29 is 27.5 Å². The highest BCUT2D eigenvalue weighted by Gasteiger charge is 2.29. The Morgan fingerprint density at radius 1 is 1.14 bits per heavy atom. The first kappa shape index (κ1) is 17.1. The molecule has 1 aromatic rings. The SMILES string of the molecule is COC(=O)C[C@H](NS(=O)(=O)c1ccc(C)cc1)C(=O)OC. The topological polar surface area (TPSA) is 98.8 Å². The summed E-state index contributed by atoms with van der Waals surface area (Å²) in [6.45, 7) is 1.82. The van der Waals surface area contributed by atoms with Crippen molar-refractivity contribution in [3.63, 3.8) is 0 Å². The molecule has 1 rings (SSSR count). The van der Waals surface area contributed by atoms with Gasteiger partial charge in [0, 0.05) is 0 Å². The van der Waals surface area contributed by atoms with E-state index in [1.807, 2.05) is 6.92 Å². The molecule has 0 bridgehead atoms. The molecular weight excluding hydrogens is 298 g/mol. The maximum absolute atomic E-state index is 12.2. The smallest absolute Gasteiger partial charge is 0.324 e. The molecule has 1 aromatic carbocycles. The highest BCUT2D eigenvalue weighted by Crippen LogP contribution is 2.12. The lowest BCUT2D eigenvalue weighted by Crippen LogP contribution is -2.43. The second kappa shape index (κ2) is 7.19. The van der Waals surface area contributed by atoms with E-state index in [0.717, 1.165) is 19.8 Å². The van der Waals surface area contributed by atoms with Crippen LogP contribution >= 0.6 is 0 Å². The minimum Gasteiger partial charge on any atom is -0.469 e. The monoisotopic (exact) mass is 315 g/mol. The van der Waals surface area contributed by atoms with E-state index in [1.165, 1.54) is 12.1 Å². The van der Waals surface area contributed by atoms with Crippen molar-refractivity contribution in [3.05, 3.63) is 29.8 Å². The Morgan fingerprint density at radius 2 is 1.71 bits per heavy atom. The molecule has 0 fully saturated rings. The lowest BCUT2D eigenvalue weighted by atomic mass is 10.2. The van der Waals surface area contributed by atoms with E-state index in [9.17, 15) is 18.0 Å². The summed E-state index contributed by atoms with van der Waals surface area (Å²) in [5.41, 5.74) is 0.896. The Morgan fingerprint density at radius 3 is 2.19 bits per heavy atom. The van der Waals surface area contributed by atoms with Crippen LogP contribution in [0.1, 0.15) is 12.0 Å². The number of methoxy groups -OCH3 is 2. The van der Waals surface area contributed by atoms with Crippen LogP contribution in [-0.2, 0) is 29.1 Å². The summed E-state index contributed by atoms with van der Waals surface area (Å²) in [6.07, 6.45) is -0.450. The molecule has 1 N–H and O–H groups in total. The normalized spacial score (nSPS) is 12.5. The Kier molecular flexibility index (Phi) is 5.86. The number of carbonyl (C=O) groups is 2. The standard InChI is InChI=1S/C13H17NO6S/c1-9-4-6-10(7-5-9)21(17,18)14-11(13(16)20-3)8-12(15)19-2/h4-7,11,14H,8H2,1-3H3/t11-/m0/s1. The molecule has 116 valence electrons. The van der Waals surface area contributed by atoms with E-state index in [4.69, 9.17) is 0 Å². The van der Waals surface area contributed by atoms with Crippen LogP contribution in [-0.4, -0.2) is 40.6 Å². The molecule has 0 aliphatic rings. The van der Waals surface area contributed by atoms with Gasteiger partial charge in [-0.05, 0) is 19.1 Å². The first-order valence-electron chi connectivity index (χ1n) is 6.04. The van der Waals surface area contributed by atoms with Gasteiger partial charge in [0.1, 0.15) is 6.04 Å². The van der Waals surface area contributed by atoms with Crippen LogP contribution in [0.25, 0.3) is 0 Å². The molecule has 8 heteroatoms. The molecule has 0 aromatic heterocycles. The van der Waals surface area contributed by atoms with Crippen molar-refractivity contribution >= 4 is 22.0 Å². The van der Waals surface area contributed by atoms with E-state index in [-0.39, 0.29) is 4.90 Å². The zero-order chi connectivity index (χ0) is 16.0. The summed E-state index contributed by atoms with van der Waals surface area (Å²) in [4.78, 5) is 22.8. The Labute approximate surface area is 123 Å². The average Bonchev–Trinajstić information content (AvgIpc) is 2.45. The highest BCUT2D eigenvalue weighted by molar-refractivity contribution is 7.89.